The Kier molecular flexibility index (Phi) is 4.29. The second-order valence-corrected chi connectivity index (χ2v) is 5.10. The summed E-state index contributed by atoms with van der Waals surface area (Å²) in [5.74, 6) is 0. The fourth-order valence-electron chi connectivity index (χ4n) is 1.83. The van der Waals surface area contributed by atoms with Gasteiger partial charge in [-0.1, -0.05) is 37.3 Å². The van der Waals surface area contributed by atoms with Gasteiger partial charge >= 0.3 is 0 Å². The fraction of sp³-hybridized carbons (Fsp3) is 0.357. The van der Waals surface area contributed by atoms with Crippen LogP contribution < -0.4 is 5.32 Å². The van der Waals surface area contributed by atoms with Crippen molar-refractivity contribution in [3.05, 3.63) is 40.7 Å². The lowest BCUT2D eigenvalue weighted by Gasteiger charge is -2.09. The zero-order valence-electron chi connectivity index (χ0n) is 10.3. The van der Waals surface area contributed by atoms with Crippen LogP contribution in [-0.4, -0.2) is 17.6 Å². The molecule has 1 atom stereocenters. The molecule has 0 aliphatic heterocycles. The Morgan fingerprint density at radius 2 is 2.06 bits per heavy atom. The van der Waals surface area contributed by atoms with Crippen LogP contribution in [0.15, 0.2) is 35.7 Å². The van der Waals surface area contributed by atoms with Gasteiger partial charge in [-0.25, -0.2) is 4.98 Å². The van der Waals surface area contributed by atoms with Crippen molar-refractivity contribution in [3.8, 4) is 11.3 Å². The Balaban J connectivity index is 2.06. The molecule has 0 aliphatic carbocycles. The standard InChI is InChI=1S/C14H18N2S/c1-3-15-11(2)9-14-16-13(10-17-14)12-7-5-4-6-8-12/h4-8,10-11,15H,3,9H2,1-2H3. The molecular formula is C14H18N2S. The molecule has 1 unspecified atom stereocenters. The first-order valence-corrected chi connectivity index (χ1v) is 6.90. The van der Waals surface area contributed by atoms with Gasteiger partial charge < -0.3 is 5.32 Å². The normalized spacial score (nSPS) is 12.6. The number of hydrogen-bond acceptors (Lipinski definition) is 3. The molecule has 0 aliphatic rings. The van der Waals surface area contributed by atoms with E-state index in [1.54, 1.807) is 11.3 Å². The number of rotatable bonds is 5. The van der Waals surface area contributed by atoms with Gasteiger partial charge in [-0.15, -0.1) is 11.3 Å². The molecule has 0 bridgehead atoms. The van der Waals surface area contributed by atoms with E-state index in [0.29, 0.717) is 6.04 Å². The quantitative estimate of drug-likeness (QED) is 0.875. The van der Waals surface area contributed by atoms with Gasteiger partial charge in [0, 0.05) is 23.4 Å². The molecule has 1 heterocycles. The van der Waals surface area contributed by atoms with E-state index in [0.717, 1.165) is 18.7 Å². The van der Waals surface area contributed by atoms with Crippen molar-refractivity contribution in [2.45, 2.75) is 26.3 Å². The smallest absolute Gasteiger partial charge is 0.0948 e. The molecule has 1 aromatic heterocycles. The van der Waals surface area contributed by atoms with Crippen LogP contribution in [0.4, 0.5) is 0 Å². The minimum Gasteiger partial charge on any atom is -0.314 e. The number of nitrogens with zero attached hydrogens (tertiary/aromatic N) is 1. The van der Waals surface area contributed by atoms with E-state index in [2.05, 4.69) is 53.8 Å². The maximum absolute atomic E-state index is 4.68. The van der Waals surface area contributed by atoms with E-state index in [9.17, 15) is 0 Å². The Morgan fingerprint density at radius 1 is 1.29 bits per heavy atom. The van der Waals surface area contributed by atoms with E-state index < -0.39 is 0 Å². The lowest BCUT2D eigenvalue weighted by Crippen LogP contribution is -2.27. The van der Waals surface area contributed by atoms with E-state index in [1.807, 2.05) is 6.07 Å². The Bertz CT molecular complexity index is 450. The van der Waals surface area contributed by atoms with Crippen LogP contribution in [0.5, 0.6) is 0 Å². The zero-order valence-corrected chi connectivity index (χ0v) is 11.1. The highest BCUT2D eigenvalue weighted by molar-refractivity contribution is 7.09. The van der Waals surface area contributed by atoms with E-state index in [1.165, 1.54) is 10.6 Å². The van der Waals surface area contributed by atoms with Gasteiger partial charge in [0.25, 0.3) is 0 Å². The number of nitrogens with one attached hydrogen (secondary N) is 1. The van der Waals surface area contributed by atoms with Crippen molar-refractivity contribution in [1.82, 2.24) is 10.3 Å². The molecule has 0 radical (unpaired) electrons. The van der Waals surface area contributed by atoms with Gasteiger partial charge in [-0.3, -0.25) is 0 Å². The first-order chi connectivity index (χ1) is 8.29. The molecule has 2 rings (SSSR count). The molecule has 3 heteroatoms. The third-order valence-corrected chi connectivity index (χ3v) is 3.53. The Labute approximate surface area is 107 Å². The van der Waals surface area contributed by atoms with Crippen molar-refractivity contribution >= 4 is 11.3 Å². The van der Waals surface area contributed by atoms with Crippen molar-refractivity contribution in [2.75, 3.05) is 6.54 Å². The highest BCUT2D eigenvalue weighted by atomic mass is 32.1. The van der Waals surface area contributed by atoms with Crippen LogP contribution in [-0.2, 0) is 6.42 Å². The molecule has 90 valence electrons. The lowest BCUT2D eigenvalue weighted by atomic mass is 10.2. The number of hydrogen-bond donors (Lipinski definition) is 1. The van der Waals surface area contributed by atoms with Crippen molar-refractivity contribution < 1.29 is 0 Å². The van der Waals surface area contributed by atoms with Gasteiger partial charge in [-0.2, -0.15) is 0 Å². The minimum atomic E-state index is 0.495. The van der Waals surface area contributed by atoms with Crippen LogP contribution in [0.2, 0.25) is 0 Å². The maximum Gasteiger partial charge on any atom is 0.0948 e. The van der Waals surface area contributed by atoms with Crippen molar-refractivity contribution in [3.63, 3.8) is 0 Å². The largest absolute Gasteiger partial charge is 0.314 e. The third kappa shape index (κ3) is 3.38. The molecular weight excluding hydrogens is 228 g/mol. The summed E-state index contributed by atoms with van der Waals surface area (Å²) in [5, 5.41) is 6.76. The lowest BCUT2D eigenvalue weighted by molar-refractivity contribution is 0.564. The predicted octanol–water partition coefficient (Wildman–Crippen LogP) is 3.35. The predicted molar refractivity (Wildman–Crippen MR) is 74.4 cm³/mol. The SMILES string of the molecule is CCNC(C)Cc1nc(-c2ccccc2)cs1. The number of thiazole rings is 1. The summed E-state index contributed by atoms with van der Waals surface area (Å²) in [6, 6.07) is 10.8. The summed E-state index contributed by atoms with van der Waals surface area (Å²) in [6.45, 7) is 5.35. The Morgan fingerprint density at radius 3 is 2.76 bits per heavy atom. The summed E-state index contributed by atoms with van der Waals surface area (Å²) in [4.78, 5) is 4.68. The number of benzene rings is 1. The summed E-state index contributed by atoms with van der Waals surface area (Å²) < 4.78 is 0. The maximum atomic E-state index is 4.68. The zero-order chi connectivity index (χ0) is 12.1. The van der Waals surface area contributed by atoms with Crippen LogP contribution >= 0.6 is 11.3 Å². The molecule has 2 nitrogen and oxygen atoms in total. The van der Waals surface area contributed by atoms with Gasteiger partial charge in [0.1, 0.15) is 0 Å². The molecule has 0 spiro atoms. The van der Waals surface area contributed by atoms with Crippen LogP contribution in [0.1, 0.15) is 18.9 Å². The fourth-order valence-corrected chi connectivity index (χ4v) is 2.76. The van der Waals surface area contributed by atoms with E-state index in [4.69, 9.17) is 0 Å². The van der Waals surface area contributed by atoms with Crippen molar-refractivity contribution in [1.29, 1.82) is 0 Å². The Hall–Kier alpha value is -1.19. The van der Waals surface area contributed by atoms with Gasteiger partial charge in [0.2, 0.25) is 0 Å². The van der Waals surface area contributed by atoms with Gasteiger partial charge in [0.05, 0.1) is 10.7 Å². The highest BCUT2D eigenvalue weighted by Crippen LogP contribution is 2.22. The first kappa shape index (κ1) is 12.3. The highest BCUT2D eigenvalue weighted by Gasteiger charge is 2.07. The van der Waals surface area contributed by atoms with Crippen LogP contribution in [0, 0.1) is 0 Å². The number of likely N-dealkylation sites (N-methyl/N-ethyl adjacent to an activating group) is 1. The van der Waals surface area contributed by atoms with Gasteiger partial charge in [-0.05, 0) is 13.5 Å². The summed E-state index contributed by atoms with van der Waals surface area (Å²) in [6.07, 6.45) is 1.01. The first-order valence-electron chi connectivity index (χ1n) is 6.02. The van der Waals surface area contributed by atoms with Crippen LogP contribution in [0.25, 0.3) is 11.3 Å². The average molecular weight is 246 g/mol. The monoisotopic (exact) mass is 246 g/mol. The molecule has 1 aromatic carbocycles. The van der Waals surface area contributed by atoms with E-state index >= 15 is 0 Å². The summed E-state index contributed by atoms with van der Waals surface area (Å²) in [7, 11) is 0. The second kappa shape index (κ2) is 5.94. The minimum absolute atomic E-state index is 0.495. The second-order valence-electron chi connectivity index (χ2n) is 4.16. The summed E-state index contributed by atoms with van der Waals surface area (Å²) in [5.41, 5.74) is 2.29. The third-order valence-electron chi connectivity index (χ3n) is 2.65. The molecule has 0 fully saturated rings. The molecule has 2 aromatic rings. The average Bonchev–Trinajstić information content (AvgIpc) is 2.79. The van der Waals surface area contributed by atoms with Crippen LogP contribution in [0.3, 0.4) is 0 Å². The molecule has 0 amide bonds. The number of aromatic nitrogens is 1. The molecule has 17 heavy (non-hydrogen) atoms. The van der Waals surface area contributed by atoms with Crippen molar-refractivity contribution in [2.24, 2.45) is 0 Å². The molecule has 1 N–H and O–H groups in total. The molecule has 0 saturated carbocycles. The topological polar surface area (TPSA) is 24.9 Å². The molecule has 0 saturated heterocycles. The van der Waals surface area contributed by atoms with E-state index in [-0.39, 0.29) is 0 Å². The summed E-state index contributed by atoms with van der Waals surface area (Å²) >= 11 is 1.75. The van der Waals surface area contributed by atoms with Gasteiger partial charge in [0.15, 0.2) is 0 Å².